The molecule has 0 radical (unpaired) electrons. The summed E-state index contributed by atoms with van der Waals surface area (Å²) in [6.07, 6.45) is 3.39. The van der Waals surface area contributed by atoms with E-state index in [9.17, 15) is 9.90 Å². The quantitative estimate of drug-likeness (QED) is 0.320. The maximum absolute atomic E-state index is 12.5. The van der Waals surface area contributed by atoms with Crippen molar-refractivity contribution in [1.29, 1.82) is 0 Å². The van der Waals surface area contributed by atoms with Gasteiger partial charge in [0.25, 0.3) is 0 Å². The number of hydrogen-bond acceptors (Lipinski definition) is 8. The van der Waals surface area contributed by atoms with E-state index in [0.717, 1.165) is 51.1 Å². The number of aromatic carboxylic acids is 1. The molecule has 2 aromatic heterocycles. The van der Waals surface area contributed by atoms with E-state index in [2.05, 4.69) is 26.8 Å². The zero-order valence-corrected chi connectivity index (χ0v) is 22.9. The van der Waals surface area contributed by atoms with Crippen LogP contribution < -0.4 is 9.47 Å². The lowest BCUT2D eigenvalue weighted by molar-refractivity contribution is 0.0697. The van der Waals surface area contributed by atoms with Crippen LogP contribution in [0.5, 0.6) is 11.6 Å². The number of imidazole rings is 1. The lowest BCUT2D eigenvalue weighted by Gasteiger charge is -2.32. The summed E-state index contributed by atoms with van der Waals surface area (Å²) in [5.74, 6) is 0.377. The first-order valence-electron chi connectivity index (χ1n) is 13.7. The van der Waals surface area contributed by atoms with Crippen molar-refractivity contribution in [2.45, 2.75) is 31.9 Å². The van der Waals surface area contributed by atoms with Crippen molar-refractivity contribution in [3.05, 3.63) is 66.0 Å². The second-order valence-electron chi connectivity index (χ2n) is 10.9. The van der Waals surface area contributed by atoms with Crippen LogP contribution in [0.25, 0.3) is 22.6 Å². The van der Waals surface area contributed by atoms with E-state index < -0.39 is 5.97 Å². The highest BCUT2D eigenvalue weighted by atomic mass is 16.5. The van der Waals surface area contributed by atoms with Crippen molar-refractivity contribution < 1.29 is 19.4 Å². The minimum Gasteiger partial charge on any atom is -0.492 e. The van der Waals surface area contributed by atoms with Crippen LogP contribution in [-0.4, -0.2) is 92.4 Å². The molecule has 0 unspecified atom stereocenters. The number of fused-ring (bicyclic) bond motifs is 1. The van der Waals surface area contributed by atoms with Gasteiger partial charge in [-0.1, -0.05) is 30.3 Å². The van der Waals surface area contributed by atoms with Gasteiger partial charge in [-0.05, 0) is 50.6 Å². The Hall–Kier alpha value is -4.02. The minimum absolute atomic E-state index is 0.117. The molecule has 0 atom stereocenters. The molecule has 0 amide bonds. The summed E-state index contributed by atoms with van der Waals surface area (Å²) < 4.78 is 14.1. The van der Waals surface area contributed by atoms with Crippen LogP contribution in [0, 0.1) is 0 Å². The fraction of sp³-hybridized carbons (Fsp3) is 0.400. The molecule has 1 aliphatic heterocycles. The predicted molar refractivity (Wildman–Crippen MR) is 151 cm³/mol. The van der Waals surface area contributed by atoms with Gasteiger partial charge < -0.3 is 24.0 Å². The number of likely N-dealkylation sites (N-methyl/N-ethyl adjacent to an activating group) is 1. The highest BCUT2D eigenvalue weighted by molar-refractivity contribution is 5.96. The van der Waals surface area contributed by atoms with Crippen LogP contribution >= 0.6 is 0 Å². The molecule has 2 aliphatic rings. The maximum atomic E-state index is 12.5. The summed E-state index contributed by atoms with van der Waals surface area (Å²) >= 11 is 0. The van der Waals surface area contributed by atoms with Crippen LogP contribution in [-0.2, 0) is 6.54 Å². The van der Waals surface area contributed by atoms with Crippen LogP contribution in [0.3, 0.4) is 0 Å². The Morgan fingerprint density at radius 2 is 1.82 bits per heavy atom. The average molecular weight is 543 g/mol. The SMILES string of the molecule is CN1CCN(CCOc2ccc(-c3nc4c(OC5(C)CC5)ncnc4n3Cc3ccccc3)c(C(=O)O)c2)CC1. The molecule has 0 spiro atoms. The van der Waals surface area contributed by atoms with Crippen molar-refractivity contribution in [3.63, 3.8) is 0 Å². The fourth-order valence-corrected chi connectivity index (χ4v) is 4.97. The number of carbonyl (C=O) groups is 1. The van der Waals surface area contributed by atoms with Gasteiger partial charge in [-0.2, -0.15) is 4.98 Å². The summed E-state index contributed by atoms with van der Waals surface area (Å²) in [4.78, 5) is 31.0. The number of hydrogen-bond donors (Lipinski definition) is 1. The third-order valence-electron chi connectivity index (χ3n) is 7.71. The number of nitrogens with zero attached hydrogens (tertiary/aromatic N) is 6. The van der Waals surface area contributed by atoms with Gasteiger partial charge in [0.15, 0.2) is 11.2 Å². The first-order valence-corrected chi connectivity index (χ1v) is 13.7. The number of rotatable bonds is 10. The highest BCUT2D eigenvalue weighted by Crippen LogP contribution is 2.41. The Balaban J connectivity index is 1.34. The minimum atomic E-state index is -1.05. The second kappa shape index (κ2) is 10.9. The average Bonchev–Trinajstić information content (AvgIpc) is 3.57. The van der Waals surface area contributed by atoms with Gasteiger partial charge in [0, 0.05) is 38.3 Å². The van der Waals surface area contributed by atoms with Crippen molar-refractivity contribution in [2.75, 3.05) is 46.4 Å². The number of aromatic nitrogens is 4. The van der Waals surface area contributed by atoms with Crippen molar-refractivity contribution in [1.82, 2.24) is 29.3 Å². The Morgan fingerprint density at radius 3 is 2.55 bits per heavy atom. The summed E-state index contributed by atoms with van der Waals surface area (Å²) in [7, 11) is 2.13. The smallest absolute Gasteiger partial charge is 0.336 e. The molecule has 1 saturated heterocycles. The van der Waals surface area contributed by atoms with Gasteiger partial charge in [0.2, 0.25) is 5.88 Å². The van der Waals surface area contributed by atoms with Gasteiger partial charge in [-0.15, -0.1) is 0 Å². The zero-order valence-electron chi connectivity index (χ0n) is 22.9. The molecule has 4 aromatic rings. The Kier molecular flexibility index (Phi) is 7.12. The number of benzene rings is 2. The molecule has 0 bridgehead atoms. The maximum Gasteiger partial charge on any atom is 0.336 e. The number of ether oxygens (including phenoxy) is 2. The van der Waals surface area contributed by atoms with E-state index in [-0.39, 0.29) is 11.2 Å². The third kappa shape index (κ3) is 5.64. The monoisotopic (exact) mass is 542 g/mol. The van der Waals surface area contributed by atoms with E-state index in [1.54, 1.807) is 12.1 Å². The second-order valence-corrected chi connectivity index (χ2v) is 10.9. The summed E-state index contributed by atoms with van der Waals surface area (Å²) in [6, 6.07) is 15.1. The largest absolute Gasteiger partial charge is 0.492 e. The normalized spacial score (nSPS) is 17.1. The van der Waals surface area contributed by atoms with Crippen molar-refractivity contribution in [2.24, 2.45) is 0 Å². The number of carboxylic acid groups (broad SMARTS) is 1. The lowest BCUT2D eigenvalue weighted by atomic mass is 10.1. The van der Waals surface area contributed by atoms with Crippen LogP contribution in [0.1, 0.15) is 35.7 Å². The van der Waals surface area contributed by atoms with Crippen LogP contribution in [0.15, 0.2) is 54.9 Å². The molecule has 10 heteroatoms. The van der Waals surface area contributed by atoms with E-state index in [1.807, 2.05) is 47.9 Å². The topological polar surface area (TPSA) is 106 Å². The van der Waals surface area contributed by atoms with Crippen LogP contribution in [0.4, 0.5) is 0 Å². The van der Waals surface area contributed by atoms with Gasteiger partial charge in [0.05, 0.1) is 12.1 Å². The first kappa shape index (κ1) is 26.2. The molecule has 1 aliphatic carbocycles. The first-order chi connectivity index (χ1) is 19.4. The lowest BCUT2D eigenvalue weighted by Crippen LogP contribution is -2.45. The summed E-state index contributed by atoms with van der Waals surface area (Å²) in [6.45, 7) is 7.89. The molecule has 10 nitrogen and oxygen atoms in total. The molecule has 40 heavy (non-hydrogen) atoms. The Labute approximate surface area is 233 Å². The Bertz CT molecular complexity index is 1510. The van der Waals surface area contributed by atoms with Gasteiger partial charge in [-0.25, -0.2) is 14.8 Å². The fourth-order valence-electron chi connectivity index (χ4n) is 4.97. The summed E-state index contributed by atoms with van der Waals surface area (Å²) in [5, 5.41) is 10.2. The van der Waals surface area contributed by atoms with Crippen LogP contribution in [0.2, 0.25) is 0 Å². The van der Waals surface area contributed by atoms with Crippen molar-refractivity contribution in [3.8, 4) is 23.0 Å². The van der Waals surface area contributed by atoms with E-state index in [0.29, 0.717) is 47.3 Å². The molecular weight excluding hydrogens is 508 g/mol. The zero-order chi connectivity index (χ0) is 27.7. The molecule has 1 N–H and O–H groups in total. The number of piperazine rings is 1. The predicted octanol–water partition coefficient (Wildman–Crippen LogP) is 3.80. The summed E-state index contributed by atoms with van der Waals surface area (Å²) in [5.41, 5.74) is 2.50. The van der Waals surface area contributed by atoms with E-state index in [4.69, 9.17) is 14.5 Å². The van der Waals surface area contributed by atoms with Gasteiger partial charge >= 0.3 is 5.97 Å². The standard InChI is InChI=1S/C30H34N6O4/c1-30(10-11-30)40-28-25-27(31-20-32-28)36(19-21-6-4-3-5-7-21)26(33-25)23-9-8-22(18-24(23)29(37)38)39-17-16-35-14-12-34(2)13-15-35/h3-9,18,20H,10-17,19H2,1-2H3,(H,37,38). The third-order valence-corrected chi connectivity index (χ3v) is 7.71. The molecule has 6 rings (SSSR count). The molecule has 2 aromatic carbocycles. The number of carboxylic acids is 1. The molecule has 1 saturated carbocycles. The van der Waals surface area contributed by atoms with E-state index in [1.165, 1.54) is 6.33 Å². The Morgan fingerprint density at radius 1 is 1.05 bits per heavy atom. The molecule has 208 valence electrons. The van der Waals surface area contributed by atoms with E-state index >= 15 is 0 Å². The van der Waals surface area contributed by atoms with Gasteiger partial charge in [0.1, 0.15) is 30.1 Å². The van der Waals surface area contributed by atoms with Crippen molar-refractivity contribution >= 4 is 17.1 Å². The molecule has 3 heterocycles. The van der Waals surface area contributed by atoms with Gasteiger partial charge in [-0.3, -0.25) is 4.90 Å². The molecule has 2 fully saturated rings. The molecular formula is C30H34N6O4. The highest BCUT2D eigenvalue weighted by Gasteiger charge is 2.41.